The summed E-state index contributed by atoms with van der Waals surface area (Å²) in [5.74, 6) is -2.72. The van der Waals surface area contributed by atoms with Crippen LogP contribution >= 0.6 is 0 Å². The molecule has 0 amide bonds. The van der Waals surface area contributed by atoms with E-state index in [-0.39, 0.29) is 29.9 Å². The van der Waals surface area contributed by atoms with Gasteiger partial charge in [0.05, 0.1) is 12.7 Å². The highest BCUT2D eigenvalue weighted by Crippen LogP contribution is 2.61. The second kappa shape index (κ2) is 8.72. The van der Waals surface area contributed by atoms with Gasteiger partial charge in [0.25, 0.3) is 0 Å². The van der Waals surface area contributed by atoms with Crippen LogP contribution in [0.5, 0.6) is 5.75 Å². The van der Waals surface area contributed by atoms with Crippen LogP contribution in [0.3, 0.4) is 0 Å². The maximum absolute atomic E-state index is 14.1. The number of alkyl halides is 2. The summed E-state index contributed by atoms with van der Waals surface area (Å²) in [6, 6.07) is 9.37. The first-order valence-corrected chi connectivity index (χ1v) is 13.1. The van der Waals surface area contributed by atoms with Gasteiger partial charge in [-0.1, -0.05) is 6.07 Å². The third-order valence-corrected chi connectivity index (χ3v) is 8.79. The molecular formula is C29H33F2N3O3. The number of halogens is 2. The number of hydrogen-bond acceptors (Lipinski definition) is 4. The molecule has 3 aromatic rings. The van der Waals surface area contributed by atoms with Crippen LogP contribution in [0.2, 0.25) is 0 Å². The molecule has 2 N–H and O–H groups in total. The predicted octanol–water partition coefficient (Wildman–Crippen LogP) is 6.15. The molecule has 6 rings (SSSR count). The molecule has 1 atom stereocenters. The first-order chi connectivity index (χ1) is 17.7. The zero-order valence-corrected chi connectivity index (χ0v) is 21.3. The highest BCUT2D eigenvalue weighted by Gasteiger charge is 2.58. The number of methoxy groups -OCH3 is 1. The zero-order chi connectivity index (χ0) is 25.9. The minimum atomic E-state index is -2.59. The number of aromatic nitrogens is 1. The number of nitrogens with zero attached hydrogens (tertiary/aromatic N) is 2. The molecule has 2 aliphatic heterocycles. The Morgan fingerprint density at radius 1 is 1.19 bits per heavy atom. The Kier molecular flexibility index (Phi) is 5.71. The summed E-state index contributed by atoms with van der Waals surface area (Å²) in [7, 11) is 1.68. The van der Waals surface area contributed by atoms with Crippen LogP contribution in [0.15, 0.2) is 36.5 Å². The molecule has 0 radical (unpaired) electrons. The number of H-pyrrole nitrogens is 1. The van der Waals surface area contributed by atoms with E-state index in [1.54, 1.807) is 19.2 Å². The van der Waals surface area contributed by atoms with Crippen LogP contribution in [-0.2, 0) is 6.54 Å². The van der Waals surface area contributed by atoms with Gasteiger partial charge < -0.3 is 19.7 Å². The van der Waals surface area contributed by atoms with Crippen molar-refractivity contribution in [1.82, 2.24) is 9.88 Å². The van der Waals surface area contributed by atoms with Crippen LogP contribution in [0.25, 0.3) is 10.9 Å². The van der Waals surface area contributed by atoms with Gasteiger partial charge in [-0.25, -0.2) is 13.6 Å². The number of carboxylic acids is 1. The van der Waals surface area contributed by atoms with Gasteiger partial charge in [-0.3, -0.25) is 4.90 Å². The smallest absolute Gasteiger partial charge is 0.335 e. The Labute approximate surface area is 215 Å². The number of hydrogen-bond donors (Lipinski definition) is 2. The quantitative estimate of drug-likeness (QED) is 0.417. The number of ether oxygens (including phenoxy) is 1. The molecule has 1 aliphatic carbocycles. The van der Waals surface area contributed by atoms with Crippen molar-refractivity contribution in [3.8, 4) is 5.75 Å². The number of aromatic amines is 1. The molecule has 1 aromatic heterocycles. The Morgan fingerprint density at radius 2 is 1.97 bits per heavy atom. The molecule has 0 bridgehead atoms. The number of anilines is 1. The predicted molar refractivity (Wildman–Crippen MR) is 139 cm³/mol. The molecule has 1 unspecified atom stereocenters. The Hall–Kier alpha value is -3.13. The lowest BCUT2D eigenvalue weighted by atomic mass is 9.58. The van der Waals surface area contributed by atoms with Crippen LogP contribution in [0.4, 0.5) is 14.5 Å². The summed E-state index contributed by atoms with van der Waals surface area (Å²) >= 11 is 0. The van der Waals surface area contributed by atoms with Crippen LogP contribution in [0, 0.1) is 12.3 Å². The summed E-state index contributed by atoms with van der Waals surface area (Å²) in [5, 5.41) is 10.8. The number of fused-ring (bicyclic) bond motifs is 1. The summed E-state index contributed by atoms with van der Waals surface area (Å²) in [6.07, 6.45) is 4.24. The van der Waals surface area contributed by atoms with Gasteiger partial charge in [0.2, 0.25) is 5.92 Å². The third kappa shape index (κ3) is 4.15. The molecular weight excluding hydrogens is 476 g/mol. The Morgan fingerprint density at radius 3 is 2.62 bits per heavy atom. The fraction of sp³-hybridized carbons (Fsp3) is 0.483. The van der Waals surface area contributed by atoms with Crippen molar-refractivity contribution < 1.29 is 23.4 Å². The molecule has 37 heavy (non-hydrogen) atoms. The molecule has 1 saturated carbocycles. The van der Waals surface area contributed by atoms with E-state index in [0.29, 0.717) is 19.5 Å². The zero-order valence-electron chi connectivity index (χ0n) is 21.3. The van der Waals surface area contributed by atoms with Crippen LogP contribution in [0.1, 0.15) is 65.2 Å². The van der Waals surface area contributed by atoms with Crippen molar-refractivity contribution in [2.45, 2.75) is 57.5 Å². The van der Waals surface area contributed by atoms with Gasteiger partial charge in [0.1, 0.15) is 5.75 Å². The summed E-state index contributed by atoms with van der Waals surface area (Å²) in [6.45, 7) is 5.13. The molecule has 6 nitrogen and oxygen atoms in total. The van der Waals surface area contributed by atoms with E-state index >= 15 is 0 Å². The van der Waals surface area contributed by atoms with Gasteiger partial charge in [-0.05, 0) is 73.5 Å². The fourth-order valence-corrected chi connectivity index (χ4v) is 6.81. The average Bonchev–Trinajstić information content (AvgIpc) is 3.30. The lowest BCUT2D eigenvalue weighted by molar-refractivity contribution is -0.186. The maximum atomic E-state index is 14.1. The first-order valence-electron chi connectivity index (χ1n) is 13.1. The van der Waals surface area contributed by atoms with Crippen molar-refractivity contribution in [3.63, 3.8) is 0 Å². The van der Waals surface area contributed by atoms with Crippen molar-refractivity contribution >= 4 is 22.6 Å². The van der Waals surface area contributed by atoms with Crippen LogP contribution < -0.4 is 9.64 Å². The highest BCUT2D eigenvalue weighted by molar-refractivity contribution is 5.89. The largest absolute Gasteiger partial charge is 0.496 e. The number of nitrogens with one attached hydrogen (secondary N) is 1. The molecule has 2 saturated heterocycles. The SMILES string of the molecule is COc1cc(C)c2[nH]ccc2c1CN1CCC2(CC1c1ccc(C(=O)O)cc1N1CCC1)CC(F)(F)C2. The van der Waals surface area contributed by atoms with E-state index in [4.69, 9.17) is 4.74 Å². The molecule has 1 spiro atoms. The topological polar surface area (TPSA) is 68.8 Å². The van der Waals surface area contributed by atoms with Gasteiger partial charge in [-0.15, -0.1) is 0 Å². The lowest BCUT2D eigenvalue weighted by Crippen LogP contribution is -2.53. The minimum Gasteiger partial charge on any atom is -0.496 e. The number of benzene rings is 2. The molecule has 3 fully saturated rings. The Bertz CT molecular complexity index is 1360. The number of carbonyl (C=O) groups is 1. The number of rotatable bonds is 6. The molecule has 3 aliphatic rings. The standard InChI is InChI=1S/C29H33F2N3O3/c1-18-12-25(37-2)22(20-6-8-32-26(18)20)15-34-11-7-28(16-29(30,31)17-28)14-24(34)21-5-4-19(27(35)36)13-23(21)33-9-3-10-33/h4-6,8,12-13,24,32H,3,7,9-11,14-17H2,1-2H3,(H,35,36). The van der Waals surface area contributed by atoms with Gasteiger partial charge in [0, 0.05) is 66.9 Å². The molecule has 2 aromatic carbocycles. The third-order valence-electron chi connectivity index (χ3n) is 8.79. The van der Waals surface area contributed by atoms with E-state index in [0.717, 1.165) is 65.0 Å². The minimum absolute atomic E-state index is 0.0630. The number of likely N-dealkylation sites (tertiary alicyclic amines) is 1. The number of aromatic carboxylic acids is 1. The maximum Gasteiger partial charge on any atom is 0.335 e. The van der Waals surface area contributed by atoms with Gasteiger partial charge in [-0.2, -0.15) is 0 Å². The summed E-state index contributed by atoms with van der Waals surface area (Å²) in [4.78, 5) is 19.7. The first kappa shape index (κ1) is 24.2. The average molecular weight is 510 g/mol. The number of aryl methyl sites for hydroxylation is 1. The van der Waals surface area contributed by atoms with E-state index < -0.39 is 11.9 Å². The van der Waals surface area contributed by atoms with Crippen molar-refractivity contribution in [3.05, 3.63) is 58.8 Å². The van der Waals surface area contributed by atoms with E-state index in [2.05, 4.69) is 27.8 Å². The normalized spacial score (nSPS) is 22.6. The van der Waals surface area contributed by atoms with Gasteiger partial charge >= 0.3 is 5.97 Å². The van der Waals surface area contributed by atoms with E-state index in [1.807, 2.05) is 18.3 Å². The molecule has 3 heterocycles. The second-order valence-electron chi connectivity index (χ2n) is 11.2. The van der Waals surface area contributed by atoms with Crippen molar-refractivity contribution in [1.29, 1.82) is 0 Å². The second-order valence-corrected chi connectivity index (χ2v) is 11.2. The monoisotopic (exact) mass is 509 g/mol. The number of carboxylic acid groups (broad SMARTS) is 1. The molecule has 196 valence electrons. The van der Waals surface area contributed by atoms with Crippen molar-refractivity contribution in [2.75, 3.05) is 31.6 Å². The summed E-state index contributed by atoms with van der Waals surface area (Å²) in [5.41, 5.74) is 5.11. The van der Waals surface area contributed by atoms with Crippen molar-refractivity contribution in [2.24, 2.45) is 5.41 Å². The summed E-state index contributed by atoms with van der Waals surface area (Å²) < 4.78 is 34.0. The fourth-order valence-electron chi connectivity index (χ4n) is 6.81. The van der Waals surface area contributed by atoms with E-state index in [9.17, 15) is 18.7 Å². The lowest BCUT2D eigenvalue weighted by Gasteiger charge is -2.55. The van der Waals surface area contributed by atoms with Crippen LogP contribution in [-0.4, -0.2) is 53.6 Å². The Balaban J connectivity index is 1.42. The highest BCUT2D eigenvalue weighted by atomic mass is 19.3. The molecule has 8 heteroatoms. The van der Waals surface area contributed by atoms with E-state index in [1.165, 1.54) is 0 Å². The number of piperidine rings is 1. The van der Waals surface area contributed by atoms with Gasteiger partial charge in [0.15, 0.2) is 0 Å².